The molecular weight excluding hydrogens is 485 g/mol. The first-order valence-electron chi connectivity index (χ1n) is 10.6. The maximum Gasteiger partial charge on any atom is 0.416 e. The van der Waals surface area contributed by atoms with Crippen LogP contribution >= 0.6 is 0 Å². The molecule has 1 aliphatic rings. The fourth-order valence-electron chi connectivity index (χ4n) is 3.38. The van der Waals surface area contributed by atoms with Gasteiger partial charge < -0.3 is 14.8 Å². The second-order valence-electron chi connectivity index (χ2n) is 8.31. The highest BCUT2D eigenvalue weighted by Crippen LogP contribution is 2.35. The molecule has 0 saturated heterocycles. The van der Waals surface area contributed by atoms with Crippen LogP contribution in [0.2, 0.25) is 0 Å². The largest absolute Gasteiger partial charge is 0.495 e. The van der Waals surface area contributed by atoms with Gasteiger partial charge in [-0.3, -0.25) is 4.79 Å². The van der Waals surface area contributed by atoms with E-state index in [1.807, 2.05) is 20.8 Å². The van der Waals surface area contributed by atoms with Crippen molar-refractivity contribution in [3.8, 4) is 5.75 Å². The lowest BCUT2D eigenvalue weighted by atomic mass is 9.99. The van der Waals surface area contributed by atoms with Crippen molar-refractivity contribution >= 4 is 21.6 Å². The minimum atomic E-state index is -4.69. The lowest BCUT2D eigenvalue weighted by Crippen LogP contribution is -2.18. The van der Waals surface area contributed by atoms with Gasteiger partial charge in [0.1, 0.15) is 11.5 Å². The molecule has 1 atom stereocenters. The van der Waals surface area contributed by atoms with Gasteiger partial charge in [-0.25, -0.2) is 13.6 Å². The number of nitrogens with two attached hydrogens (primary N) is 1. The van der Waals surface area contributed by atoms with E-state index >= 15 is 0 Å². The molecule has 0 bridgehead atoms. The van der Waals surface area contributed by atoms with E-state index in [2.05, 4.69) is 5.32 Å². The van der Waals surface area contributed by atoms with Gasteiger partial charge in [0.2, 0.25) is 10.0 Å². The van der Waals surface area contributed by atoms with Gasteiger partial charge in [-0.2, -0.15) is 13.2 Å². The van der Waals surface area contributed by atoms with E-state index in [1.165, 1.54) is 18.2 Å². The molecule has 11 heteroatoms. The van der Waals surface area contributed by atoms with E-state index in [0.29, 0.717) is 18.2 Å². The van der Waals surface area contributed by atoms with E-state index in [4.69, 9.17) is 14.6 Å². The molecule has 0 saturated carbocycles. The summed E-state index contributed by atoms with van der Waals surface area (Å²) in [7, 11) is -4.05. The number of benzene rings is 2. The lowest BCUT2D eigenvalue weighted by Gasteiger charge is -2.24. The number of halogens is 3. The highest BCUT2D eigenvalue weighted by Gasteiger charge is 2.32. The summed E-state index contributed by atoms with van der Waals surface area (Å²) in [6.07, 6.45) is -0.808. The molecule has 2 aromatic rings. The van der Waals surface area contributed by atoms with Crippen LogP contribution in [0.3, 0.4) is 0 Å². The predicted octanol–water partition coefficient (Wildman–Crippen LogP) is 5.22. The molecule has 0 heterocycles. The summed E-state index contributed by atoms with van der Waals surface area (Å²) >= 11 is 0. The van der Waals surface area contributed by atoms with Gasteiger partial charge in [-0.05, 0) is 62.4 Å². The Kier molecular flexibility index (Phi) is 7.61. The number of nitrogens with one attached hydrogen (secondary N) is 1. The molecule has 35 heavy (non-hydrogen) atoms. The first-order valence-corrected chi connectivity index (χ1v) is 12.2. The summed E-state index contributed by atoms with van der Waals surface area (Å²) in [5, 5.41) is 7.52. The maximum absolute atomic E-state index is 13.4. The zero-order valence-electron chi connectivity index (χ0n) is 19.2. The molecule has 1 unspecified atom stereocenters. The Morgan fingerprint density at radius 1 is 1.14 bits per heavy atom. The van der Waals surface area contributed by atoms with Crippen molar-refractivity contribution < 1.29 is 35.9 Å². The number of carbonyl (C=O) groups is 1. The standard InChI is InChI=1S/C24H25F3N2O5S/c1-14(2)33-18-8-10-21(15(3)11-18)34-22-9-7-16(24(25,26)27)12-20(22)23(30)29-17-5-4-6-19(13-17)35(28,31)32/h4-10,12-15H,11H2,1-3H3,(H,29,30)(H2,28,31,32). The summed E-state index contributed by atoms with van der Waals surface area (Å²) in [6.45, 7) is 5.66. The molecule has 188 valence electrons. The number of alkyl halides is 3. The first-order chi connectivity index (χ1) is 16.2. The number of sulfonamides is 1. The SMILES string of the molecule is CC(C)OC1=CC=C(Oc2ccc(C(F)(F)F)cc2C(=O)Nc2cccc(S(N)(=O)=O)c2)C(C)C1. The van der Waals surface area contributed by atoms with E-state index in [0.717, 1.165) is 24.0 Å². The van der Waals surface area contributed by atoms with Crippen molar-refractivity contribution in [3.05, 3.63) is 77.3 Å². The fraction of sp³-hybridized carbons (Fsp3) is 0.292. The van der Waals surface area contributed by atoms with Crippen LogP contribution in [0.15, 0.2) is 71.0 Å². The molecule has 0 radical (unpaired) electrons. The number of allylic oxidation sites excluding steroid dienone is 4. The molecule has 0 aliphatic heterocycles. The zero-order valence-corrected chi connectivity index (χ0v) is 20.0. The average Bonchev–Trinajstić information content (AvgIpc) is 2.74. The van der Waals surface area contributed by atoms with Crippen LogP contribution in [-0.2, 0) is 20.9 Å². The highest BCUT2D eigenvalue weighted by atomic mass is 32.2. The van der Waals surface area contributed by atoms with Crippen molar-refractivity contribution in [2.24, 2.45) is 11.1 Å². The number of anilines is 1. The fourth-order valence-corrected chi connectivity index (χ4v) is 3.94. The van der Waals surface area contributed by atoms with Gasteiger partial charge >= 0.3 is 6.18 Å². The number of hydrogen-bond donors (Lipinski definition) is 2. The monoisotopic (exact) mass is 510 g/mol. The second kappa shape index (κ2) is 10.1. The average molecular weight is 511 g/mol. The Hall–Kier alpha value is -3.31. The Balaban J connectivity index is 1.95. The lowest BCUT2D eigenvalue weighted by molar-refractivity contribution is -0.137. The van der Waals surface area contributed by atoms with Crippen LogP contribution in [0.25, 0.3) is 0 Å². The molecule has 3 N–H and O–H groups in total. The highest BCUT2D eigenvalue weighted by molar-refractivity contribution is 7.89. The van der Waals surface area contributed by atoms with E-state index in [1.54, 1.807) is 12.2 Å². The summed E-state index contributed by atoms with van der Waals surface area (Å²) < 4.78 is 74.8. The topological polar surface area (TPSA) is 108 Å². The van der Waals surface area contributed by atoms with Crippen LogP contribution in [0.4, 0.5) is 18.9 Å². The predicted molar refractivity (Wildman–Crippen MR) is 124 cm³/mol. The number of ether oxygens (including phenoxy) is 2. The molecule has 7 nitrogen and oxygen atoms in total. The third-order valence-corrected chi connectivity index (χ3v) is 5.92. The van der Waals surface area contributed by atoms with E-state index < -0.39 is 27.7 Å². The Morgan fingerprint density at radius 3 is 2.46 bits per heavy atom. The van der Waals surface area contributed by atoms with E-state index in [9.17, 15) is 26.4 Å². The minimum absolute atomic E-state index is 0.0118. The van der Waals surface area contributed by atoms with Gasteiger partial charge in [-0.15, -0.1) is 0 Å². The van der Waals surface area contributed by atoms with Crippen LogP contribution in [0.5, 0.6) is 5.75 Å². The van der Waals surface area contributed by atoms with Gasteiger partial charge in [0, 0.05) is 18.0 Å². The minimum Gasteiger partial charge on any atom is -0.495 e. The van der Waals surface area contributed by atoms with Crippen molar-refractivity contribution in [1.82, 2.24) is 0 Å². The second-order valence-corrected chi connectivity index (χ2v) is 9.87. The number of carbonyl (C=O) groups excluding carboxylic acids is 1. The normalized spacial score (nSPS) is 16.4. The van der Waals surface area contributed by atoms with Gasteiger partial charge in [-0.1, -0.05) is 13.0 Å². The third kappa shape index (κ3) is 6.86. The molecule has 1 aliphatic carbocycles. The van der Waals surface area contributed by atoms with Crippen molar-refractivity contribution in [3.63, 3.8) is 0 Å². The van der Waals surface area contributed by atoms with E-state index in [-0.39, 0.29) is 33.9 Å². The molecular formula is C24H25F3N2O5S. The zero-order chi connectivity index (χ0) is 26.0. The summed E-state index contributed by atoms with van der Waals surface area (Å²) in [4.78, 5) is 12.7. The van der Waals surface area contributed by atoms with Crippen molar-refractivity contribution in [2.45, 2.75) is 44.4 Å². The third-order valence-electron chi connectivity index (χ3n) is 5.01. The molecule has 1 amide bonds. The Bertz CT molecular complexity index is 1280. The Morgan fingerprint density at radius 2 is 1.86 bits per heavy atom. The van der Waals surface area contributed by atoms with Crippen LogP contribution < -0.4 is 15.2 Å². The van der Waals surface area contributed by atoms with Crippen LogP contribution in [0.1, 0.15) is 43.1 Å². The quantitative estimate of drug-likeness (QED) is 0.531. The maximum atomic E-state index is 13.4. The van der Waals surface area contributed by atoms with Gasteiger partial charge in [0.25, 0.3) is 5.91 Å². The first kappa shape index (κ1) is 26.3. The molecule has 0 fully saturated rings. The van der Waals surface area contributed by atoms with Crippen LogP contribution in [-0.4, -0.2) is 20.4 Å². The summed E-state index contributed by atoms with van der Waals surface area (Å²) in [5.74, 6) is 0.0449. The molecule has 3 rings (SSSR count). The summed E-state index contributed by atoms with van der Waals surface area (Å²) in [6, 6.07) is 7.65. The number of amides is 1. The molecule has 0 aromatic heterocycles. The number of rotatable bonds is 7. The molecule has 0 spiro atoms. The molecule has 2 aromatic carbocycles. The smallest absolute Gasteiger partial charge is 0.416 e. The van der Waals surface area contributed by atoms with Crippen LogP contribution in [0, 0.1) is 5.92 Å². The summed E-state index contributed by atoms with van der Waals surface area (Å²) in [5.41, 5.74) is -1.37. The van der Waals surface area contributed by atoms with Gasteiger partial charge in [0.15, 0.2) is 0 Å². The Labute approximate surface area is 201 Å². The van der Waals surface area contributed by atoms with Gasteiger partial charge in [0.05, 0.1) is 27.9 Å². The number of hydrogen-bond acceptors (Lipinski definition) is 5. The van der Waals surface area contributed by atoms with Crippen molar-refractivity contribution in [2.75, 3.05) is 5.32 Å². The van der Waals surface area contributed by atoms with Crippen molar-refractivity contribution in [1.29, 1.82) is 0 Å². The number of primary sulfonamides is 1.